The fraction of sp³-hybridized carbons (Fsp3) is 0.667. The molecule has 0 amide bonds. The average Bonchev–Trinajstić information content (AvgIpc) is 2.85. The third-order valence-corrected chi connectivity index (χ3v) is 4.01. The number of imidazole rings is 1. The second kappa shape index (κ2) is 6.62. The van der Waals surface area contributed by atoms with Crippen LogP contribution in [0.3, 0.4) is 0 Å². The van der Waals surface area contributed by atoms with E-state index >= 15 is 0 Å². The average molecular weight is 247 g/mol. The molecule has 1 N–H and O–H groups in total. The summed E-state index contributed by atoms with van der Waals surface area (Å²) in [6, 6.07) is 0.566. The Hall–Kier alpha value is -1.25. The molecule has 2 rings (SSSR count). The fourth-order valence-corrected chi connectivity index (χ4v) is 2.99. The highest BCUT2D eigenvalue weighted by atomic mass is 15.2. The van der Waals surface area contributed by atoms with Crippen molar-refractivity contribution < 1.29 is 0 Å². The Kier molecular flexibility index (Phi) is 4.85. The van der Waals surface area contributed by atoms with Crippen molar-refractivity contribution in [3.05, 3.63) is 25.0 Å². The van der Waals surface area contributed by atoms with E-state index in [2.05, 4.69) is 28.4 Å². The number of anilines is 1. The SMILES string of the molecule is C=CCn1ccnc1NC(CC)C1CCCCC1. The summed E-state index contributed by atoms with van der Waals surface area (Å²) in [7, 11) is 0. The molecule has 1 unspecified atom stereocenters. The molecule has 0 aliphatic heterocycles. The molecular weight excluding hydrogens is 222 g/mol. The topological polar surface area (TPSA) is 29.9 Å². The van der Waals surface area contributed by atoms with Crippen LogP contribution in [0.1, 0.15) is 45.4 Å². The lowest BCUT2D eigenvalue weighted by Gasteiger charge is -2.30. The largest absolute Gasteiger partial charge is 0.353 e. The molecule has 1 fully saturated rings. The van der Waals surface area contributed by atoms with E-state index in [1.807, 2.05) is 18.5 Å². The lowest BCUT2D eigenvalue weighted by molar-refractivity contribution is 0.312. The zero-order valence-electron chi connectivity index (χ0n) is 11.4. The van der Waals surface area contributed by atoms with Crippen LogP contribution in [0.2, 0.25) is 0 Å². The Balaban J connectivity index is 2.00. The summed E-state index contributed by atoms with van der Waals surface area (Å²) >= 11 is 0. The normalized spacial score (nSPS) is 18.5. The van der Waals surface area contributed by atoms with E-state index in [0.717, 1.165) is 18.4 Å². The zero-order chi connectivity index (χ0) is 12.8. The van der Waals surface area contributed by atoms with E-state index in [-0.39, 0.29) is 0 Å². The first kappa shape index (κ1) is 13.2. The lowest BCUT2D eigenvalue weighted by Crippen LogP contribution is -2.31. The van der Waals surface area contributed by atoms with Gasteiger partial charge in [0.05, 0.1) is 0 Å². The first-order valence-corrected chi connectivity index (χ1v) is 7.23. The van der Waals surface area contributed by atoms with Crippen LogP contribution < -0.4 is 5.32 Å². The Bertz CT molecular complexity index is 364. The molecule has 3 nitrogen and oxygen atoms in total. The minimum absolute atomic E-state index is 0.566. The molecule has 0 radical (unpaired) electrons. The minimum atomic E-state index is 0.566. The molecule has 0 aromatic carbocycles. The molecule has 18 heavy (non-hydrogen) atoms. The Morgan fingerprint density at radius 3 is 2.94 bits per heavy atom. The standard InChI is InChI=1S/C15H25N3/c1-3-11-18-12-10-16-15(18)17-14(4-2)13-8-6-5-7-9-13/h3,10,12-14H,1,4-9,11H2,2H3,(H,16,17). The Morgan fingerprint density at radius 2 is 2.28 bits per heavy atom. The van der Waals surface area contributed by atoms with Gasteiger partial charge in [0, 0.05) is 25.0 Å². The third-order valence-electron chi connectivity index (χ3n) is 4.01. The van der Waals surface area contributed by atoms with E-state index in [1.165, 1.54) is 38.5 Å². The number of nitrogens with zero attached hydrogens (tertiary/aromatic N) is 2. The second-order valence-corrected chi connectivity index (χ2v) is 5.25. The summed E-state index contributed by atoms with van der Waals surface area (Å²) < 4.78 is 2.12. The maximum Gasteiger partial charge on any atom is 0.203 e. The highest BCUT2D eigenvalue weighted by Gasteiger charge is 2.23. The van der Waals surface area contributed by atoms with E-state index in [0.29, 0.717) is 6.04 Å². The van der Waals surface area contributed by atoms with Crippen molar-refractivity contribution >= 4 is 5.95 Å². The summed E-state index contributed by atoms with van der Waals surface area (Å²) in [4.78, 5) is 4.42. The van der Waals surface area contributed by atoms with E-state index in [1.54, 1.807) is 0 Å². The molecule has 1 aliphatic carbocycles. The maximum atomic E-state index is 4.42. The molecule has 1 atom stereocenters. The molecule has 1 aromatic rings. The smallest absolute Gasteiger partial charge is 0.203 e. The van der Waals surface area contributed by atoms with Gasteiger partial charge in [0.25, 0.3) is 0 Å². The zero-order valence-corrected chi connectivity index (χ0v) is 11.4. The number of hydrogen-bond donors (Lipinski definition) is 1. The van der Waals surface area contributed by atoms with Crippen LogP contribution in [0, 0.1) is 5.92 Å². The molecule has 0 saturated heterocycles. The van der Waals surface area contributed by atoms with Crippen LogP contribution in [0.4, 0.5) is 5.95 Å². The van der Waals surface area contributed by atoms with Crippen LogP contribution in [-0.2, 0) is 6.54 Å². The number of nitrogens with one attached hydrogen (secondary N) is 1. The number of rotatable bonds is 6. The van der Waals surface area contributed by atoms with Crippen molar-refractivity contribution in [2.24, 2.45) is 5.92 Å². The van der Waals surface area contributed by atoms with Gasteiger partial charge in [-0.15, -0.1) is 6.58 Å². The molecule has 1 aliphatic rings. The summed E-state index contributed by atoms with van der Waals surface area (Å²) in [5.41, 5.74) is 0. The van der Waals surface area contributed by atoms with Gasteiger partial charge in [-0.3, -0.25) is 0 Å². The fourth-order valence-electron chi connectivity index (χ4n) is 2.99. The van der Waals surface area contributed by atoms with Gasteiger partial charge in [-0.1, -0.05) is 32.3 Å². The summed E-state index contributed by atoms with van der Waals surface area (Å²) in [6.45, 7) is 6.88. The van der Waals surface area contributed by atoms with Gasteiger partial charge in [0.15, 0.2) is 0 Å². The second-order valence-electron chi connectivity index (χ2n) is 5.25. The van der Waals surface area contributed by atoms with Gasteiger partial charge >= 0.3 is 0 Å². The Labute approximate surface area is 110 Å². The first-order valence-electron chi connectivity index (χ1n) is 7.23. The van der Waals surface area contributed by atoms with Crippen LogP contribution >= 0.6 is 0 Å². The van der Waals surface area contributed by atoms with Gasteiger partial charge in [-0.05, 0) is 25.2 Å². The summed E-state index contributed by atoms with van der Waals surface area (Å²) in [5, 5.41) is 3.64. The molecule has 0 bridgehead atoms. The van der Waals surface area contributed by atoms with Gasteiger partial charge < -0.3 is 9.88 Å². The van der Waals surface area contributed by atoms with Gasteiger partial charge in [-0.25, -0.2) is 4.98 Å². The Morgan fingerprint density at radius 1 is 1.50 bits per heavy atom. The molecule has 1 saturated carbocycles. The quantitative estimate of drug-likeness (QED) is 0.774. The van der Waals surface area contributed by atoms with Crippen molar-refractivity contribution in [1.82, 2.24) is 9.55 Å². The van der Waals surface area contributed by atoms with Crippen LogP contribution in [0.25, 0.3) is 0 Å². The predicted molar refractivity (Wildman–Crippen MR) is 76.7 cm³/mol. The molecule has 100 valence electrons. The minimum Gasteiger partial charge on any atom is -0.353 e. The third kappa shape index (κ3) is 3.15. The van der Waals surface area contributed by atoms with E-state index in [9.17, 15) is 0 Å². The van der Waals surface area contributed by atoms with Crippen molar-refractivity contribution in [1.29, 1.82) is 0 Å². The number of aromatic nitrogens is 2. The summed E-state index contributed by atoms with van der Waals surface area (Å²) in [6.07, 6.45) is 13.9. The highest BCUT2D eigenvalue weighted by Crippen LogP contribution is 2.29. The van der Waals surface area contributed by atoms with Crippen molar-refractivity contribution in [3.63, 3.8) is 0 Å². The van der Waals surface area contributed by atoms with E-state index in [4.69, 9.17) is 0 Å². The first-order chi connectivity index (χ1) is 8.85. The molecule has 0 spiro atoms. The molecule has 1 aromatic heterocycles. The van der Waals surface area contributed by atoms with Gasteiger partial charge in [-0.2, -0.15) is 0 Å². The van der Waals surface area contributed by atoms with Gasteiger partial charge in [0.2, 0.25) is 5.95 Å². The summed E-state index contributed by atoms with van der Waals surface area (Å²) in [5.74, 6) is 1.81. The number of allylic oxidation sites excluding steroid dienone is 1. The van der Waals surface area contributed by atoms with Crippen molar-refractivity contribution in [2.45, 2.75) is 58.0 Å². The number of hydrogen-bond acceptors (Lipinski definition) is 2. The van der Waals surface area contributed by atoms with Crippen LogP contribution in [0.5, 0.6) is 0 Å². The monoisotopic (exact) mass is 247 g/mol. The molecule has 3 heteroatoms. The van der Waals surface area contributed by atoms with Gasteiger partial charge in [0.1, 0.15) is 0 Å². The molecule has 1 heterocycles. The maximum absolute atomic E-state index is 4.42. The predicted octanol–water partition coefficient (Wildman–Crippen LogP) is 3.84. The van der Waals surface area contributed by atoms with Crippen molar-refractivity contribution in [2.75, 3.05) is 5.32 Å². The molecular formula is C15H25N3. The lowest BCUT2D eigenvalue weighted by atomic mass is 9.83. The van der Waals surface area contributed by atoms with Crippen molar-refractivity contribution in [3.8, 4) is 0 Å². The van der Waals surface area contributed by atoms with Crippen LogP contribution in [-0.4, -0.2) is 15.6 Å². The highest BCUT2D eigenvalue weighted by molar-refractivity contribution is 5.28. The van der Waals surface area contributed by atoms with Crippen LogP contribution in [0.15, 0.2) is 25.0 Å². The van der Waals surface area contributed by atoms with E-state index < -0.39 is 0 Å².